The van der Waals surface area contributed by atoms with E-state index in [0.717, 1.165) is 22.3 Å². The smallest absolute Gasteiger partial charge is 0.339 e. The van der Waals surface area contributed by atoms with Crippen LogP contribution in [0.4, 0.5) is 26.3 Å². The Morgan fingerprint density at radius 1 is 0.878 bits per heavy atom. The van der Waals surface area contributed by atoms with Gasteiger partial charge in [0.25, 0.3) is 5.91 Å². The van der Waals surface area contributed by atoms with Gasteiger partial charge in [-0.2, -0.15) is 26.3 Å². The normalized spacial score (nSPS) is 16.1. The number of benzene rings is 2. The highest BCUT2D eigenvalue weighted by molar-refractivity contribution is 5.95. The molecule has 1 fully saturated rings. The van der Waals surface area contributed by atoms with Gasteiger partial charge in [0, 0.05) is 44.0 Å². The van der Waals surface area contributed by atoms with E-state index in [-0.39, 0.29) is 44.4 Å². The average molecular weight is 578 g/mol. The van der Waals surface area contributed by atoms with Crippen LogP contribution in [0.3, 0.4) is 0 Å². The van der Waals surface area contributed by atoms with Crippen molar-refractivity contribution in [1.29, 1.82) is 0 Å². The molecule has 11 heteroatoms. The number of carbonyl (C=O) groups is 2. The minimum absolute atomic E-state index is 0.00219. The van der Waals surface area contributed by atoms with Gasteiger partial charge in [0.15, 0.2) is 0 Å². The molecule has 2 aromatic carbocycles. The summed E-state index contributed by atoms with van der Waals surface area (Å²) in [7, 11) is 0. The van der Waals surface area contributed by atoms with E-state index < -0.39 is 41.0 Å². The van der Waals surface area contributed by atoms with Crippen LogP contribution in [0.5, 0.6) is 0 Å². The van der Waals surface area contributed by atoms with E-state index >= 15 is 0 Å². The lowest BCUT2D eigenvalue weighted by molar-refractivity contribution is -0.143. The number of hydrogen-bond donors (Lipinski definition) is 0. The molecule has 41 heavy (non-hydrogen) atoms. The molecule has 0 saturated carbocycles. The Morgan fingerprint density at radius 2 is 1.56 bits per heavy atom. The summed E-state index contributed by atoms with van der Waals surface area (Å²) < 4.78 is 80.8. The van der Waals surface area contributed by atoms with Gasteiger partial charge in [-0.1, -0.05) is 24.3 Å². The van der Waals surface area contributed by atoms with Crippen LogP contribution in [0.2, 0.25) is 0 Å². The van der Waals surface area contributed by atoms with Crippen molar-refractivity contribution in [3.8, 4) is 0 Å². The summed E-state index contributed by atoms with van der Waals surface area (Å²) in [5, 5.41) is 0. The Labute approximate surface area is 233 Å². The van der Waals surface area contributed by atoms with Gasteiger partial charge in [0.1, 0.15) is 0 Å². The molecule has 1 atom stereocenters. The number of amides is 2. The van der Waals surface area contributed by atoms with Gasteiger partial charge < -0.3 is 9.80 Å². The van der Waals surface area contributed by atoms with E-state index in [1.165, 1.54) is 4.90 Å². The predicted molar refractivity (Wildman–Crippen MR) is 140 cm³/mol. The molecule has 1 unspecified atom stereocenters. The van der Waals surface area contributed by atoms with Crippen molar-refractivity contribution in [1.82, 2.24) is 14.8 Å². The molecule has 3 aromatic rings. The molecule has 2 amide bonds. The largest absolute Gasteiger partial charge is 0.416 e. The third kappa shape index (κ3) is 7.45. The van der Waals surface area contributed by atoms with Crippen LogP contribution in [0, 0.1) is 13.8 Å². The van der Waals surface area contributed by atoms with Gasteiger partial charge in [0.05, 0.1) is 17.2 Å². The molecule has 0 N–H and O–H groups in total. The van der Waals surface area contributed by atoms with Crippen molar-refractivity contribution in [2.75, 3.05) is 19.6 Å². The first-order chi connectivity index (χ1) is 19.2. The van der Waals surface area contributed by atoms with Crippen LogP contribution < -0.4 is 0 Å². The maximum atomic E-state index is 13.5. The minimum Gasteiger partial charge on any atom is -0.339 e. The average Bonchev–Trinajstić information content (AvgIpc) is 2.92. The maximum Gasteiger partial charge on any atom is 0.416 e. The topological polar surface area (TPSA) is 53.5 Å². The predicted octanol–water partition coefficient (Wildman–Crippen LogP) is 6.26. The van der Waals surface area contributed by atoms with E-state index in [9.17, 15) is 35.9 Å². The Morgan fingerprint density at radius 3 is 2.15 bits per heavy atom. The number of aromatic nitrogens is 1. The minimum atomic E-state index is -5.07. The van der Waals surface area contributed by atoms with Crippen LogP contribution >= 0.6 is 0 Å². The van der Waals surface area contributed by atoms with Gasteiger partial charge in [-0.05, 0) is 73.2 Å². The van der Waals surface area contributed by atoms with Crippen molar-refractivity contribution < 1.29 is 35.9 Å². The van der Waals surface area contributed by atoms with Crippen molar-refractivity contribution >= 4 is 11.8 Å². The second-order valence-electron chi connectivity index (χ2n) is 10.3. The number of halogens is 6. The van der Waals surface area contributed by atoms with Gasteiger partial charge in [0.2, 0.25) is 5.91 Å². The first-order valence-electron chi connectivity index (χ1n) is 13.1. The van der Waals surface area contributed by atoms with Crippen molar-refractivity contribution in [3.05, 3.63) is 99.9 Å². The second-order valence-corrected chi connectivity index (χ2v) is 10.3. The molecule has 0 radical (unpaired) electrons. The molecule has 1 aliphatic heterocycles. The maximum absolute atomic E-state index is 13.5. The van der Waals surface area contributed by atoms with E-state index in [2.05, 4.69) is 4.98 Å². The standard InChI is InChI=1S/C30H29F6N3O2/c1-19-5-6-22(12-20(19)2)13-26-18-38(27(40)8-7-21-4-3-9-37-17-21)10-11-39(26)28(41)23-14-24(29(31,32)33)16-25(15-23)30(34,35)36/h3-6,9,12,14-17,26H,7-8,10-11,13,18H2,1-2H3. The molecule has 218 valence electrons. The fourth-order valence-electron chi connectivity index (χ4n) is 4.93. The van der Waals surface area contributed by atoms with E-state index in [1.54, 1.807) is 23.4 Å². The molecule has 0 bridgehead atoms. The molecule has 4 rings (SSSR count). The van der Waals surface area contributed by atoms with Crippen molar-refractivity contribution in [3.63, 3.8) is 0 Å². The van der Waals surface area contributed by atoms with Gasteiger partial charge >= 0.3 is 12.4 Å². The molecule has 1 aliphatic rings. The van der Waals surface area contributed by atoms with Gasteiger partial charge in [-0.25, -0.2) is 0 Å². The quantitative estimate of drug-likeness (QED) is 0.325. The fraction of sp³-hybridized carbons (Fsp3) is 0.367. The number of aryl methyl sites for hydroxylation is 3. The summed E-state index contributed by atoms with van der Waals surface area (Å²) in [6.07, 6.45) is -5.94. The number of alkyl halides is 6. The number of pyridine rings is 1. The zero-order valence-electron chi connectivity index (χ0n) is 22.5. The van der Waals surface area contributed by atoms with Crippen LogP contribution in [0.15, 0.2) is 60.9 Å². The van der Waals surface area contributed by atoms with Gasteiger partial charge in [-0.3, -0.25) is 14.6 Å². The Bertz CT molecular complexity index is 1370. The molecule has 5 nitrogen and oxygen atoms in total. The van der Waals surface area contributed by atoms with Crippen LogP contribution in [0.1, 0.15) is 50.2 Å². The lowest BCUT2D eigenvalue weighted by Crippen LogP contribution is -2.57. The van der Waals surface area contributed by atoms with Gasteiger partial charge in [-0.15, -0.1) is 0 Å². The number of nitrogens with zero attached hydrogens (tertiary/aromatic N) is 3. The molecular weight excluding hydrogens is 548 g/mol. The zero-order chi connectivity index (χ0) is 29.9. The SMILES string of the molecule is Cc1ccc(CC2CN(C(=O)CCc3cccnc3)CCN2C(=O)c2cc(C(F)(F)F)cc(C(F)(F)F)c2)cc1C. The number of piperazine rings is 1. The van der Waals surface area contributed by atoms with Crippen LogP contribution in [-0.2, 0) is 30.0 Å². The number of hydrogen-bond acceptors (Lipinski definition) is 3. The summed E-state index contributed by atoms with van der Waals surface area (Å²) in [5.74, 6) is -1.11. The fourth-order valence-corrected chi connectivity index (χ4v) is 4.93. The third-order valence-electron chi connectivity index (χ3n) is 7.32. The summed E-state index contributed by atoms with van der Waals surface area (Å²) in [5.41, 5.74) is -0.0498. The monoisotopic (exact) mass is 577 g/mol. The number of rotatable bonds is 6. The highest BCUT2D eigenvalue weighted by Crippen LogP contribution is 2.37. The summed E-state index contributed by atoms with van der Waals surface area (Å²) in [4.78, 5) is 33.5. The van der Waals surface area contributed by atoms with E-state index in [4.69, 9.17) is 0 Å². The zero-order valence-corrected chi connectivity index (χ0v) is 22.5. The number of carbonyl (C=O) groups excluding carboxylic acids is 2. The first kappa shape index (κ1) is 30.1. The molecule has 0 aliphatic carbocycles. The first-order valence-corrected chi connectivity index (χ1v) is 13.1. The van der Waals surface area contributed by atoms with Crippen LogP contribution in [-0.4, -0.2) is 52.3 Å². The Kier molecular flexibility index (Phi) is 8.74. The highest BCUT2D eigenvalue weighted by Gasteiger charge is 2.39. The highest BCUT2D eigenvalue weighted by atomic mass is 19.4. The van der Waals surface area contributed by atoms with Crippen LogP contribution in [0.25, 0.3) is 0 Å². The molecular formula is C30H29F6N3O2. The summed E-state index contributed by atoms with van der Waals surface area (Å²) in [6, 6.07) is 9.55. The lowest BCUT2D eigenvalue weighted by atomic mass is 9.97. The third-order valence-corrected chi connectivity index (χ3v) is 7.32. The van der Waals surface area contributed by atoms with Crippen molar-refractivity contribution in [2.45, 2.75) is 51.5 Å². The lowest BCUT2D eigenvalue weighted by Gasteiger charge is -2.42. The Balaban J connectivity index is 1.62. The molecule has 1 aromatic heterocycles. The van der Waals surface area contributed by atoms with E-state index in [1.807, 2.05) is 38.1 Å². The summed E-state index contributed by atoms with van der Waals surface area (Å²) >= 11 is 0. The van der Waals surface area contributed by atoms with E-state index in [0.29, 0.717) is 18.6 Å². The Hall–Kier alpha value is -3.89. The second kappa shape index (κ2) is 11.9. The summed E-state index contributed by atoms with van der Waals surface area (Å²) in [6.45, 7) is 4.01. The molecule has 0 spiro atoms. The molecule has 2 heterocycles. The molecule has 1 saturated heterocycles. The van der Waals surface area contributed by atoms with Crippen molar-refractivity contribution in [2.24, 2.45) is 0 Å².